The number of benzene rings is 1. The Kier molecular flexibility index (Phi) is 4.11. The van der Waals surface area contributed by atoms with Crippen LogP contribution in [0.5, 0.6) is 0 Å². The molecule has 0 aliphatic rings. The first-order valence-corrected chi connectivity index (χ1v) is 4.99. The van der Waals surface area contributed by atoms with Gasteiger partial charge in [0.1, 0.15) is 6.21 Å². The summed E-state index contributed by atoms with van der Waals surface area (Å²) >= 11 is 2.91. The highest BCUT2D eigenvalue weighted by Crippen LogP contribution is 2.36. The molecule has 1 aromatic rings. The minimum atomic E-state index is -4.59. The molecule has 0 fully saturated rings. The second-order valence-electron chi connectivity index (χ2n) is 2.92. The van der Waals surface area contributed by atoms with Gasteiger partial charge in [0.25, 0.3) is 5.91 Å². The van der Waals surface area contributed by atoms with Crippen LogP contribution in [0.4, 0.5) is 18.9 Å². The third-order valence-corrected chi connectivity index (χ3v) is 2.21. The Morgan fingerprint density at radius 2 is 2.12 bits per heavy atom. The first-order chi connectivity index (χ1) is 7.84. The number of oxime groups is 1. The molecule has 0 heterocycles. The van der Waals surface area contributed by atoms with Gasteiger partial charge in [-0.2, -0.15) is 13.2 Å². The fourth-order valence-electron chi connectivity index (χ4n) is 1.08. The molecule has 0 aliphatic carbocycles. The maximum absolute atomic E-state index is 12.6. The quantitative estimate of drug-likeness (QED) is 0.501. The average Bonchev–Trinajstić information content (AvgIpc) is 2.19. The van der Waals surface area contributed by atoms with Crippen molar-refractivity contribution in [3.63, 3.8) is 0 Å². The van der Waals surface area contributed by atoms with Gasteiger partial charge in [-0.15, -0.1) is 0 Å². The number of amides is 1. The zero-order chi connectivity index (χ0) is 13.1. The van der Waals surface area contributed by atoms with Gasteiger partial charge in [-0.1, -0.05) is 21.1 Å². The van der Waals surface area contributed by atoms with Crippen molar-refractivity contribution in [3.8, 4) is 0 Å². The Bertz CT molecular complexity index is 460. The van der Waals surface area contributed by atoms with E-state index >= 15 is 0 Å². The highest BCUT2D eigenvalue weighted by Gasteiger charge is 2.34. The first-order valence-electron chi connectivity index (χ1n) is 4.19. The molecule has 0 spiro atoms. The van der Waals surface area contributed by atoms with E-state index in [4.69, 9.17) is 5.21 Å². The van der Waals surface area contributed by atoms with E-state index in [-0.39, 0.29) is 4.47 Å². The summed E-state index contributed by atoms with van der Waals surface area (Å²) in [6.07, 6.45) is -4.13. The lowest BCUT2D eigenvalue weighted by Crippen LogP contribution is -2.17. The highest BCUT2D eigenvalue weighted by molar-refractivity contribution is 9.10. The third-order valence-electron chi connectivity index (χ3n) is 1.72. The summed E-state index contributed by atoms with van der Waals surface area (Å²) in [5.74, 6) is -0.958. The van der Waals surface area contributed by atoms with Crippen LogP contribution in [0, 0.1) is 0 Å². The SMILES string of the molecule is O=C(C=NO)Nc1ccc(Br)cc1C(F)(F)F. The topological polar surface area (TPSA) is 61.7 Å². The molecular weight excluding hydrogens is 305 g/mol. The van der Waals surface area contributed by atoms with Crippen LogP contribution in [0.2, 0.25) is 0 Å². The van der Waals surface area contributed by atoms with Crippen LogP contribution in [0.15, 0.2) is 27.8 Å². The monoisotopic (exact) mass is 310 g/mol. The van der Waals surface area contributed by atoms with E-state index in [1.165, 1.54) is 6.07 Å². The van der Waals surface area contributed by atoms with E-state index in [2.05, 4.69) is 21.1 Å². The van der Waals surface area contributed by atoms with E-state index in [1.807, 2.05) is 5.32 Å². The van der Waals surface area contributed by atoms with Crippen LogP contribution in [0.25, 0.3) is 0 Å². The Hall–Kier alpha value is -1.57. The summed E-state index contributed by atoms with van der Waals surface area (Å²) in [4.78, 5) is 11.0. The molecule has 0 aliphatic heterocycles. The molecule has 1 amide bonds. The summed E-state index contributed by atoms with van der Waals surface area (Å²) in [6.45, 7) is 0. The molecule has 0 bridgehead atoms. The third kappa shape index (κ3) is 3.74. The number of alkyl halides is 3. The van der Waals surface area contributed by atoms with Crippen molar-refractivity contribution in [2.24, 2.45) is 5.16 Å². The Morgan fingerprint density at radius 1 is 1.47 bits per heavy atom. The minimum Gasteiger partial charge on any atom is -0.411 e. The van der Waals surface area contributed by atoms with Crippen LogP contribution in [0.1, 0.15) is 5.56 Å². The number of nitrogens with zero attached hydrogens (tertiary/aromatic N) is 1. The summed E-state index contributed by atoms with van der Waals surface area (Å²) in [6, 6.07) is 3.28. The molecule has 0 atom stereocenters. The van der Waals surface area contributed by atoms with E-state index in [9.17, 15) is 18.0 Å². The van der Waals surface area contributed by atoms with Crippen LogP contribution in [-0.4, -0.2) is 17.3 Å². The van der Waals surface area contributed by atoms with E-state index in [0.29, 0.717) is 6.21 Å². The van der Waals surface area contributed by atoms with Gasteiger partial charge >= 0.3 is 6.18 Å². The van der Waals surface area contributed by atoms with E-state index in [0.717, 1.165) is 12.1 Å². The van der Waals surface area contributed by atoms with E-state index < -0.39 is 23.3 Å². The van der Waals surface area contributed by atoms with Crippen molar-refractivity contribution in [1.29, 1.82) is 0 Å². The predicted molar refractivity (Wildman–Crippen MR) is 58.1 cm³/mol. The Labute approximate surface area is 102 Å². The van der Waals surface area contributed by atoms with Gasteiger partial charge in [0.05, 0.1) is 11.3 Å². The smallest absolute Gasteiger partial charge is 0.411 e. The van der Waals surface area contributed by atoms with Crippen molar-refractivity contribution < 1.29 is 23.2 Å². The molecular formula is C9H6BrF3N2O2. The number of carbonyl (C=O) groups excluding carboxylic acids is 1. The second-order valence-corrected chi connectivity index (χ2v) is 3.84. The normalized spacial score (nSPS) is 11.8. The number of nitrogens with one attached hydrogen (secondary N) is 1. The zero-order valence-electron chi connectivity index (χ0n) is 8.12. The van der Waals surface area contributed by atoms with Crippen molar-refractivity contribution in [2.45, 2.75) is 6.18 Å². The van der Waals surface area contributed by atoms with Gasteiger partial charge in [-0.25, -0.2) is 0 Å². The van der Waals surface area contributed by atoms with Gasteiger partial charge in [-0.05, 0) is 18.2 Å². The molecule has 0 unspecified atom stereocenters. The Balaban J connectivity index is 3.11. The lowest BCUT2D eigenvalue weighted by Gasteiger charge is -2.13. The van der Waals surface area contributed by atoms with Crippen molar-refractivity contribution in [1.82, 2.24) is 0 Å². The number of halogens is 4. The molecule has 0 saturated heterocycles. The van der Waals surface area contributed by atoms with Crippen molar-refractivity contribution in [2.75, 3.05) is 5.32 Å². The summed E-state index contributed by atoms with van der Waals surface area (Å²) in [5.41, 5.74) is -1.41. The molecule has 2 N–H and O–H groups in total. The molecule has 92 valence electrons. The molecule has 4 nitrogen and oxygen atoms in total. The maximum Gasteiger partial charge on any atom is 0.418 e. The number of anilines is 1. The van der Waals surface area contributed by atoms with Gasteiger partial charge in [0.15, 0.2) is 0 Å². The van der Waals surface area contributed by atoms with E-state index in [1.54, 1.807) is 0 Å². The van der Waals surface area contributed by atoms with Gasteiger partial charge in [-0.3, -0.25) is 4.79 Å². The molecule has 0 saturated carbocycles. The van der Waals surface area contributed by atoms with Crippen molar-refractivity contribution in [3.05, 3.63) is 28.2 Å². The molecule has 8 heteroatoms. The van der Waals surface area contributed by atoms with Crippen molar-refractivity contribution >= 4 is 33.7 Å². The second kappa shape index (κ2) is 5.17. The van der Waals surface area contributed by atoms with Crippen LogP contribution in [0.3, 0.4) is 0 Å². The van der Waals surface area contributed by atoms with Crippen LogP contribution >= 0.6 is 15.9 Å². The number of hydrogen-bond donors (Lipinski definition) is 2. The first kappa shape index (κ1) is 13.5. The Morgan fingerprint density at radius 3 is 2.65 bits per heavy atom. The van der Waals surface area contributed by atoms with Gasteiger partial charge < -0.3 is 10.5 Å². The summed E-state index contributed by atoms with van der Waals surface area (Å²) in [7, 11) is 0. The fourth-order valence-corrected chi connectivity index (χ4v) is 1.44. The molecule has 1 aromatic carbocycles. The lowest BCUT2D eigenvalue weighted by atomic mass is 10.1. The molecule has 0 aromatic heterocycles. The average molecular weight is 311 g/mol. The molecule has 1 rings (SSSR count). The minimum absolute atomic E-state index is 0.235. The lowest BCUT2D eigenvalue weighted by molar-refractivity contribution is -0.137. The van der Waals surface area contributed by atoms with Crippen LogP contribution in [-0.2, 0) is 11.0 Å². The summed E-state index contributed by atoms with van der Waals surface area (Å²) < 4.78 is 38.1. The molecule has 0 radical (unpaired) electrons. The number of rotatable bonds is 2. The summed E-state index contributed by atoms with van der Waals surface area (Å²) in [5, 5.41) is 12.4. The van der Waals surface area contributed by atoms with Gasteiger partial charge in [0.2, 0.25) is 0 Å². The van der Waals surface area contributed by atoms with Gasteiger partial charge in [0, 0.05) is 4.47 Å². The molecule has 17 heavy (non-hydrogen) atoms. The number of hydrogen-bond acceptors (Lipinski definition) is 3. The predicted octanol–water partition coefficient (Wildman–Crippen LogP) is 2.87. The fraction of sp³-hybridized carbons (Fsp3) is 0.111. The largest absolute Gasteiger partial charge is 0.418 e. The number of carbonyl (C=O) groups is 1. The van der Waals surface area contributed by atoms with Crippen LogP contribution < -0.4 is 5.32 Å². The zero-order valence-corrected chi connectivity index (χ0v) is 9.71. The standard InChI is InChI=1S/C9H6BrF3N2O2/c10-5-1-2-7(15-8(16)4-14-17)6(3-5)9(11,12)13/h1-4,17H,(H,15,16). The maximum atomic E-state index is 12.6. The highest BCUT2D eigenvalue weighted by atomic mass is 79.9.